The molecule has 0 bridgehead atoms. The summed E-state index contributed by atoms with van der Waals surface area (Å²) in [6, 6.07) is 4.81. The highest BCUT2D eigenvalue weighted by Crippen LogP contribution is 2.33. The first kappa shape index (κ1) is 19.7. The van der Waals surface area contributed by atoms with Crippen molar-refractivity contribution in [2.75, 3.05) is 7.11 Å². The molecular weight excluding hydrogens is 462 g/mol. The topological polar surface area (TPSA) is 60.7 Å². The zero-order valence-electron chi connectivity index (χ0n) is 12.9. The van der Waals surface area contributed by atoms with Crippen molar-refractivity contribution in [3.8, 4) is 0 Å². The Morgan fingerprint density at radius 2 is 1.92 bits per heavy atom. The molecule has 0 radical (unpaired) electrons. The highest BCUT2D eigenvalue weighted by molar-refractivity contribution is 7.20. The van der Waals surface area contributed by atoms with Crippen molar-refractivity contribution in [1.82, 2.24) is 4.57 Å². The van der Waals surface area contributed by atoms with Gasteiger partial charge in [0.15, 0.2) is 4.80 Å². The monoisotopic (exact) mass is 468 g/mol. The fourth-order valence-electron chi connectivity index (χ4n) is 2.16. The number of fused-ring (bicyclic) bond motifs is 1. The first-order chi connectivity index (χ1) is 12.3. The summed E-state index contributed by atoms with van der Waals surface area (Å²) in [5.74, 6) is -1.10. The van der Waals surface area contributed by atoms with E-state index < -0.39 is 11.9 Å². The van der Waals surface area contributed by atoms with Gasteiger partial charge in [0.2, 0.25) is 0 Å². The minimum absolute atomic E-state index is 0.180. The summed E-state index contributed by atoms with van der Waals surface area (Å²) in [4.78, 5) is 28.7. The van der Waals surface area contributed by atoms with E-state index in [1.54, 1.807) is 12.1 Å². The molecule has 0 atom stereocenters. The first-order valence-corrected chi connectivity index (χ1v) is 10.0. The van der Waals surface area contributed by atoms with E-state index in [9.17, 15) is 9.59 Å². The number of hydrogen-bond donors (Lipinski definition) is 0. The van der Waals surface area contributed by atoms with Crippen molar-refractivity contribution < 1.29 is 14.3 Å². The molecule has 5 nitrogen and oxygen atoms in total. The van der Waals surface area contributed by atoms with Gasteiger partial charge in [-0.1, -0.05) is 57.7 Å². The molecular formula is C15H8Cl4N2O3S2. The molecule has 0 spiro atoms. The molecule has 3 aromatic rings. The van der Waals surface area contributed by atoms with Gasteiger partial charge in [0.1, 0.15) is 10.9 Å². The Labute approximate surface area is 175 Å². The number of esters is 1. The third kappa shape index (κ3) is 3.78. The van der Waals surface area contributed by atoms with E-state index >= 15 is 0 Å². The van der Waals surface area contributed by atoms with Crippen LogP contribution in [0.5, 0.6) is 0 Å². The number of aromatic nitrogens is 1. The van der Waals surface area contributed by atoms with Crippen LogP contribution in [0.2, 0.25) is 18.7 Å². The number of thiophene rings is 1. The van der Waals surface area contributed by atoms with Gasteiger partial charge in [-0.2, -0.15) is 4.99 Å². The SMILES string of the molecule is COC(=O)Cn1c(=NC(=O)c2cc(Cl)sc2Cl)sc2ccc(Cl)c(Cl)c21. The third-order valence-electron chi connectivity index (χ3n) is 3.33. The highest BCUT2D eigenvalue weighted by atomic mass is 35.5. The first-order valence-electron chi connectivity index (χ1n) is 6.90. The quantitative estimate of drug-likeness (QED) is 0.489. The zero-order valence-corrected chi connectivity index (χ0v) is 17.5. The predicted octanol–water partition coefficient (Wildman–Crippen LogP) is 5.29. The number of benzene rings is 1. The number of carbonyl (C=O) groups excluding carboxylic acids is 2. The van der Waals surface area contributed by atoms with Crippen molar-refractivity contribution in [1.29, 1.82) is 0 Å². The van der Waals surface area contributed by atoms with Gasteiger partial charge in [-0.3, -0.25) is 9.59 Å². The minimum atomic E-state index is -0.578. The van der Waals surface area contributed by atoms with Gasteiger partial charge in [-0.05, 0) is 18.2 Å². The highest BCUT2D eigenvalue weighted by Gasteiger charge is 2.18. The number of thiazole rings is 1. The maximum absolute atomic E-state index is 12.5. The van der Waals surface area contributed by atoms with E-state index in [2.05, 4.69) is 4.99 Å². The van der Waals surface area contributed by atoms with Gasteiger partial charge < -0.3 is 9.30 Å². The molecule has 0 saturated carbocycles. The normalized spacial score (nSPS) is 12.0. The van der Waals surface area contributed by atoms with Crippen LogP contribution in [0.15, 0.2) is 23.2 Å². The molecule has 2 aromatic heterocycles. The maximum Gasteiger partial charge on any atom is 0.325 e. The Hall–Kier alpha value is -1.09. The van der Waals surface area contributed by atoms with Gasteiger partial charge >= 0.3 is 5.97 Å². The van der Waals surface area contributed by atoms with Crippen LogP contribution in [0.3, 0.4) is 0 Å². The van der Waals surface area contributed by atoms with Gasteiger partial charge in [-0.25, -0.2) is 0 Å². The Morgan fingerprint density at radius 3 is 2.54 bits per heavy atom. The van der Waals surface area contributed by atoms with Crippen molar-refractivity contribution in [3.63, 3.8) is 0 Å². The largest absolute Gasteiger partial charge is 0.468 e. The average molecular weight is 470 g/mol. The number of carbonyl (C=O) groups is 2. The summed E-state index contributed by atoms with van der Waals surface area (Å²) in [6.45, 7) is -0.180. The molecule has 0 aliphatic rings. The number of nitrogens with zero attached hydrogens (tertiary/aromatic N) is 2. The molecule has 11 heteroatoms. The number of halogens is 4. The molecule has 0 saturated heterocycles. The number of rotatable bonds is 3. The van der Waals surface area contributed by atoms with Crippen LogP contribution in [-0.2, 0) is 16.1 Å². The molecule has 26 heavy (non-hydrogen) atoms. The van der Waals surface area contributed by atoms with Gasteiger partial charge in [0, 0.05) is 0 Å². The molecule has 136 valence electrons. The molecule has 3 rings (SSSR count). The number of methoxy groups -OCH3 is 1. The third-order valence-corrected chi connectivity index (χ3v) is 6.66. The fourth-order valence-corrected chi connectivity index (χ4v) is 5.12. The van der Waals surface area contributed by atoms with Crippen LogP contribution in [0.25, 0.3) is 10.2 Å². The molecule has 2 heterocycles. The summed E-state index contributed by atoms with van der Waals surface area (Å²) in [7, 11) is 1.27. The smallest absolute Gasteiger partial charge is 0.325 e. The molecule has 0 unspecified atom stereocenters. The Kier molecular flexibility index (Phi) is 5.96. The Morgan fingerprint density at radius 1 is 1.19 bits per heavy atom. The molecule has 1 amide bonds. The van der Waals surface area contributed by atoms with Crippen LogP contribution < -0.4 is 4.80 Å². The second kappa shape index (κ2) is 7.88. The van der Waals surface area contributed by atoms with Crippen LogP contribution in [-0.4, -0.2) is 23.6 Å². The second-order valence-electron chi connectivity index (χ2n) is 4.91. The summed E-state index contributed by atoms with van der Waals surface area (Å²) in [5, 5.41) is 0.580. The van der Waals surface area contributed by atoms with Crippen molar-refractivity contribution >= 4 is 91.2 Å². The number of amides is 1. The number of ether oxygens (including phenoxy) is 1. The van der Waals surface area contributed by atoms with E-state index in [4.69, 9.17) is 51.1 Å². The lowest BCUT2D eigenvalue weighted by molar-refractivity contribution is -0.141. The standard InChI is InChI=1S/C15H8Cl4N2O3S2/c1-24-10(22)5-21-12-8(3-2-7(16)11(12)18)25-15(21)20-14(23)6-4-9(17)26-13(6)19/h2-4H,5H2,1H3. The lowest BCUT2D eigenvalue weighted by atomic mass is 10.3. The Balaban J connectivity index is 2.23. The predicted molar refractivity (Wildman–Crippen MR) is 106 cm³/mol. The zero-order chi connectivity index (χ0) is 19.0. The van der Waals surface area contributed by atoms with Crippen molar-refractivity contribution in [3.05, 3.63) is 47.3 Å². The summed E-state index contributed by atoms with van der Waals surface area (Å²) >= 11 is 26.5. The molecule has 0 fully saturated rings. The van der Waals surface area contributed by atoms with Gasteiger partial charge in [0.25, 0.3) is 5.91 Å². The minimum Gasteiger partial charge on any atom is -0.468 e. The van der Waals surface area contributed by atoms with Crippen molar-refractivity contribution in [2.24, 2.45) is 4.99 Å². The summed E-state index contributed by atoms with van der Waals surface area (Å²) < 4.78 is 7.53. The Bertz CT molecular complexity index is 1100. The van der Waals surface area contributed by atoms with E-state index in [0.717, 1.165) is 11.3 Å². The summed E-state index contributed by atoms with van der Waals surface area (Å²) in [6.07, 6.45) is 0. The van der Waals surface area contributed by atoms with E-state index in [0.29, 0.717) is 19.6 Å². The van der Waals surface area contributed by atoms with Crippen LogP contribution in [0.4, 0.5) is 0 Å². The fraction of sp³-hybridized carbons (Fsp3) is 0.133. The van der Waals surface area contributed by atoms with E-state index in [1.807, 2.05) is 0 Å². The molecule has 0 aliphatic heterocycles. The second-order valence-corrected chi connectivity index (χ2v) is 8.99. The summed E-state index contributed by atoms with van der Waals surface area (Å²) in [5.41, 5.74) is 0.684. The van der Waals surface area contributed by atoms with Crippen LogP contribution in [0.1, 0.15) is 10.4 Å². The molecule has 0 N–H and O–H groups in total. The van der Waals surface area contributed by atoms with Crippen molar-refractivity contribution in [2.45, 2.75) is 6.54 Å². The molecule has 0 aliphatic carbocycles. The van der Waals surface area contributed by atoms with E-state index in [1.165, 1.54) is 29.1 Å². The maximum atomic E-state index is 12.5. The van der Waals surface area contributed by atoms with Crippen LogP contribution in [0, 0.1) is 0 Å². The average Bonchev–Trinajstić information content (AvgIpc) is 3.11. The lowest BCUT2D eigenvalue weighted by Crippen LogP contribution is -2.22. The molecule has 1 aromatic carbocycles. The van der Waals surface area contributed by atoms with Gasteiger partial charge in [-0.15, -0.1) is 11.3 Å². The lowest BCUT2D eigenvalue weighted by Gasteiger charge is -2.05. The number of hydrogen-bond acceptors (Lipinski definition) is 5. The van der Waals surface area contributed by atoms with Crippen LogP contribution >= 0.6 is 69.1 Å². The van der Waals surface area contributed by atoms with E-state index in [-0.39, 0.29) is 26.3 Å². The van der Waals surface area contributed by atoms with Gasteiger partial charge in [0.05, 0.1) is 37.3 Å².